The van der Waals surface area contributed by atoms with Gasteiger partial charge in [-0.2, -0.15) is 0 Å². The van der Waals surface area contributed by atoms with Crippen LogP contribution in [0.3, 0.4) is 0 Å². The zero-order valence-electron chi connectivity index (χ0n) is 9.65. The molecule has 0 radical (unpaired) electrons. The number of anilines is 1. The maximum Gasteiger partial charge on any atom is 0.130 e. The van der Waals surface area contributed by atoms with Crippen molar-refractivity contribution in [3.63, 3.8) is 0 Å². The number of imidazole rings is 1. The molecule has 0 amide bonds. The first kappa shape index (κ1) is 10.3. The number of nitrogens with zero attached hydrogens (tertiary/aromatic N) is 2. The lowest BCUT2D eigenvalue weighted by Gasteiger charge is -2.15. The summed E-state index contributed by atoms with van der Waals surface area (Å²) >= 11 is 0. The fraction of sp³-hybridized carbons (Fsp3) is 0.308. The molecule has 1 N–H and O–H groups in total. The fourth-order valence-electron chi connectivity index (χ4n) is 2.49. The quantitative estimate of drug-likeness (QED) is 0.861. The molecule has 2 aromatic rings. The van der Waals surface area contributed by atoms with E-state index in [2.05, 4.69) is 14.9 Å². The Morgan fingerprint density at radius 1 is 1.47 bits per heavy atom. The number of hydrogen-bond donors (Lipinski definition) is 1. The number of hydrogen-bond acceptors (Lipinski definition) is 2. The van der Waals surface area contributed by atoms with Crippen LogP contribution in [-0.4, -0.2) is 16.6 Å². The van der Waals surface area contributed by atoms with Gasteiger partial charge in [0.25, 0.3) is 0 Å². The summed E-state index contributed by atoms with van der Waals surface area (Å²) in [5.41, 5.74) is 2.74. The van der Waals surface area contributed by atoms with E-state index in [0.29, 0.717) is 0 Å². The Morgan fingerprint density at radius 3 is 3.12 bits per heavy atom. The highest BCUT2D eigenvalue weighted by Crippen LogP contribution is 2.33. The SMILES string of the molecule is CNc1ccc(C2CCc3cncn32)c(F)c1. The second kappa shape index (κ2) is 3.87. The van der Waals surface area contributed by atoms with E-state index in [0.717, 1.165) is 24.1 Å². The monoisotopic (exact) mass is 231 g/mol. The number of nitrogens with one attached hydrogen (secondary N) is 1. The smallest absolute Gasteiger partial charge is 0.130 e. The molecule has 1 aromatic carbocycles. The van der Waals surface area contributed by atoms with E-state index in [9.17, 15) is 4.39 Å². The maximum absolute atomic E-state index is 14.0. The molecule has 1 atom stereocenters. The van der Waals surface area contributed by atoms with Crippen LogP contribution in [-0.2, 0) is 6.42 Å². The van der Waals surface area contributed by atoms with E-state index in [1.165, 1.54) is 5.69 Å². The van der Waals surface area contributed by atoms with Crippen LogP contribution in [0.25, 0.3) is 0 Å². The summed E-state index contributed by atoms with van der Waals surface area (Å²) in [4.78, 5) is 4.11. The zero-order chi connectivity index (χ0) is 11.8. The number of aromatic nitrogens is 2. The molecule has 0 spiro atoms. The van der Waals surface area contributed by atoms with Crippen molar-refractivity contribution in [1.82, 2.24) is 9.55 Å². The van der Waals surface area contributed by atoms with Crippen molar-refractivity contribution in [2.75, 3.05) is 12.4 Å². The van der Waals surface area contributed by atoms with Gasteiger partial charge in [0.2, 0.25) is 0 Å². The van der Waals surface area contributed by atoms with Crippen molar-refractivity contribution in [3.8, 4) is 0 Å². The highest BCUT2D eigenvalue weighted by molar-refractivity contribution is 5.45. The van der Waals surface area contributed by atoms with Crippen LogP contribution in [0.4, 0.5) is 10.1 Å². The molecule has 4 heteroatoms. The Hall–Kier alpha value is -1.84. The average molecular weight is 231 g/mol. The molecule has 17 heavy (non-hydrogen) atoms. The summed E-state index contributed by atoms with van der Waals surface area (Å²) in [6.07, 6.45) is 5.57. The molecular weight excluding hydrogens is 217 g/mol. The summed E-state index contributed by atoms with van der Waals surface area (Å²) in [6.45, 7) is 0. The van der Waals surface area contributed by atoms with Gasteiger partial charge in [-0.05, 0) is 25.0 Å². The maximum atomic E-state index is 14.0. The van der Waals surface area contributed by atoms with Crippen molar-refractivity contribution >= 4 is 5.69 Å². The van der Waals surface area contributed by atoms with Gasteiger partial charge in [-0.1, -0.05) is 6.07 Å². The third kappa shape index (κ3) is 1.60. The van der Waals surface area contributed by atoms with Gasteiger partial charge in [-0.25, -0.2) is 9.37 Å². The van der Waals surface area contributed by atoms with Crippen LogP contribution in [0.15, 0.2) is 30.7 Å². The van der Waals surface area contributed by atoms with Crippen molar-refractivity contribution in [2.45, 2.75) is 18.9 Å². The molecule has 1 aliphatic rings. The Balaban J connectivity index is 2.01. The Kier molecular flexibility index (Phi) is 2.35. The number of halogens is 1. The summed E-state index contributed by atoms with van der Waals surface area (Å²) in [5.74, 6) is -0.150. The standard InChI is InChI=1S/C13H14FN3/c1-15-9-2-4-11(12(14)6-9)13-5-3-10-7-16-8-17(10)13/h2,4,6-8,13,15H,3,5H2,1H3. The largest absolute Gasteiger partial charge is 0.388 e. The van der Waals surface area contributed by atoms with E-state index in [1.54, 1.807) is 19.4 Å². The normalized spacial score (nSPS) is 18.1. The van der Waals surface area contributed by atoms with Crippen LogP contribution >= 0.6 is 0 Å². The molecule has 0 fully saturated rings. The lowest BCUT2D eigenvalue weighted by molar-refractivity contribution is 0.546. The van der Waals surface area contributed by atoms with Crippen molar-refractivity contribution < 1.29 is 4.39 Å². The molecule has 0 aliphatic carbocycles. The summed E-state index contributed by atoms with van der Waals surface area (Å²) in [5, 5.41) is 2.94. The van der Waals surface area contributed by atoms with Gasteiger partial charge < -0.3 is 9.88 Å². The molecule has 0 saturated carbocycles. The Bertz CT molecular complexity index is 547. The highest BCUT2D eigenvalue weighted by atomic mass is 19.1. The van der Waals surface area contributed by atoms with Crippen LogP contribution in [0.1, 0.15) is 23.7 Å². The van der Waals surface area contributed by atoms with Gasteiger partial charge in [-0.15, -0.1) is 0 Å². The first-order valence-electron chi connectivity index (χ1n) is 5.77. The molecule has 1 aliphatic heterocycles. The van der Waals surface area contributed by atoms with E-state index in [-0.39, 0.29) is 11.9 Å². The average Bonchev–Trinajstić information content (AvgIpc) is 2.91. The van der Waals surface area contributed by atoms with Gasteiger partial charge >= 0.3 is 0 Å². The minimum atomic E-state index is -0.150. The zero-order valence-corrected chi connectivity index (χ0v) is 9.65. The van der Waals surface area contributed by atoms with Gasteiger partial charge in [0.05, 0.1) is 12.4 Å². The fourth-order valence-corrected chi connectivity index (χ4v) is 2.49. The number of fused-ring (bicyclic) bond motifs is 1. The first-order chi connectivity index (χ1) is 8.29. The molecule has 1 unspecified atom stereocenters. The van der Waals surface area contributed by atoms with E-state index in [4.69, 9.17) is 0 Å². The molecule has 1 aromatic heterocycles. The molecule has 3 nitrogen and oxygen atoms in total. The highest BCUT2D eigenvalue weighted by Gasteiger charge is 2.25. The molecular formula is C13H14FN3. The van der Waals surface area contributed by atoms with Gasteiger partial charge in [0.15, 0.2) is 0 Å². The van der Waals surface area contributed by atoms with Gasteiger partial charge in [0, 0.05) is 30.2 Å². The van der Waals surface area contributed by atoms with Crippen molar-refractivity contribution in [2.24, 2.45) is 0 Å². The van der Waals surface area contributed by atoms with Crippen LogP contribution in [0.2, 0.25) is 0 Å². The minimum Gasteiger partial charge on any atom is -0.388 e. The third-order valence-electron chi connectivity index (χ3n) is 3.40. The van der Waals surface area contributed by atoms with Gasteiger partial charge in [0.1, 0.15) is 5.82 Å². The number of aryl methyl sites for hydroxylation is 1. The lowest BCUT2D eigenvalue weighted by atomic mass is 10.0. The predicted molar refractivity (Wildman–Crippen MR) is 64.6 cm³/mol. The van der Waals surface area contributed by atoms with Crippen molar-refractivity contribution in [1.29, 1.82) is 0 Å². The second-order valence-corrected chi connectivity index (χ2v) is 4.33. The van der Waals surface area contributed by atoms with E-state index in [1.807, 2.05) is 18.3 Å². The van der Waals surface area contributed by atoms with Crippen LogP contribution in [0, 0.1) is 5.82 Å². The third-order valence-corrected chi connectivity index (χ3v) is 3.40. The van der Waals surface area contributed by atoms with Gasteiger partial charge in [-0.3, -0.25) is 0 Å². The molecule has 0 bridgehead atoms. The van der Waals surface area contributed by atoms with Crippen LogP contribution < -0.4 is 5.32 Å². The van der Waals surface area contributed by atoms with Crippen molar-refractivity contribution in [3.05, 3.63) is 47.8 Å². The summed E-state index contributed by atoms with van der Waals surface area (Å²) < 4.78 is 16.1. The molecule has 0 saturated heterocycles. The minimum absolute atomic E-state index is 0.0957. The van der Waals surface area contributed by atoms with Crippen LogP contribution in [0.5, 0.6) is 0 Å². The number of benzene rings is 1. The molecule has 3 rings (SSSR count). The predicted octanol–water partition coefficient (Wildman–Crippen LogP) is 2.60. The second-order valence-electron chi connectivity index (χ2n) is 4.33. The molecule has 88 valence electrons. The summed E-state index contributed by atoms with van der Waals surface area (Å²) in [7, 11) is 1.79. The summed E-state index contributed by atoms with van der Waals surface area (Å²) in [6, 6.07) is 5.41. The van der Waals surface area contributed by atoms with E-state index < -0.39 is 0 Å². The molecule has 2 heterocycles. The topological polar surface area (TPSA) is 29.9 Å². The lowest BCUT2D eigenvalue weighted by Crippen LogP contribution is -2.07. The number of rotatable bonds is 2. The Morgan fingerprint density at radius 2 is 2.35 bits per heavy atom. The first-order valence-corrected chi connectivity index (χ1v) is 5.77. The van der Waals surface area contributed by atoms with E-state index >= 15 is 0 Å². The Labute approximate surface area is 99.3 Å².